The van der Waals surface area contributed by atoms with Gasteiger partial charge in [0.2, 0.25) is 5.76 Å². The van der Waals surface area contributed by atoms with Crippen molar-refractivity contribution in [3.05, 3.63) is 114 Å². The normalized spacial score (nSPS) is 16.6. The van der Waals surface area contributed by atoms with Gasteiger partial charge in [-0.2, -0.15) is 0 Å². The van der Waals surface area contributed by atoms with Crippen LogP contribution in [0, 0.1) is 37.1 Å². The smallest absolute Gasteiger partial charge is 0.291 e. The molecule has 4 aliphatic rings. The van der Waals surface area contributed by atoms with Gasteiger partial charge in [0, 0.05) is 114 Å². The second kappa shape index (κ2) is 20.9. The summed E-state index contributed by atoms with van der Waals surface area (Å²) in [6.07, 6.45) is 9.61. The largest absolute Gasteiger partial charge is 0.438 e. The van der Waals surface area contributed by atoms with Crippen LogP contribution in [-0.2, 0) is 9.47 Å². The molecule has 71 heavy (non-hydrogen) atoms. The first-order chi connectivity index (χ1) is 34.6. The Hall–Kier alpha value is -7.36. The molecule has 0 spiro atoms. The van der Waals surface area contributed by atoms with E-state index in [1.54, 1.807) is 23.5 Å². The summed E-state index contributed by atoms with van der Waals surface area (Å²) in [6.45, 7) is 14.6. The maximum absolute atomic E-state index is 15.2. The molecule has 4 fully saturated rings. The lowest BCUT2D eigenvalue weighted by molar-refractivity contribution is 0.0714. The van der Waals surface area contributed by atoms with Gasteiger partial charge in [-0.15, -0.1) is 0 Å². The maximum atomic E-state index is 15.2. The van der Waals surface area contributed by atoms with Crippen LogP contribution in [0.25, 0.3) is 21.8 Å². The Morgan fingerprint density at radius 2 is 1.04 bits per heavy atom. The highest BCUT2D eigenvalue weighted by molar-refractivity contribution is 5.99. The Bertz CT molecular complexity index is 3030. The van der Waals surface area contributed by atoms with E-state index < -0.39 is 23.3 Å². The molecule has 9 heterocycles. The number of ether oxygens (including phenoxy) is 2. The van der Waals surface area contributed by atoms with Gasteiger partial charge in [-0.1, -0.05) is 0 Å². The number of fused-ring (bicyclic) bond motifs is 2. The number of piperazine rings is 2. The number of rotatable bonds is 9. The van der Waals surface area contributed by atoms with Gasteiger partial charge >= 0.3 is 0 Å². The number of hydrogen-bond donors (Lipinski definition) is 3. The average Bonchev–Trinajstić information content (AvgIpc) is 3.94. The van der Waals surface area contributed by atoms with E-state index in [-0.39, 0.29) is 28.0 Å². The number of carbonyl (C=O) groups is 1. The molecule has 5 aromatic heterocycles. The number of oxazole rings is 1. The summed E-state index contributed by atoms with van der Waals surface area (Å²) >= 11 is 0. The number of pyridine rings is 4. The zero-order valence-corrected chi connectivity index (χ0v) is 39.4. The summed E-state index contributed by atoms with van der Waals surface area (Å²) in [7, 11) is 0. The van der Waals surface area contributed by atoms with Crippen LogP contribution in [0.5, 0.6) is 0 Å². The molecule has 7 aromatic rings. The fourth-order valence-electron chi connectivity index (χ4n) is 9.46. The van der Waals surface area contributed by atoms with E-state index in [4.69, 9.17) is 13.9 Å². The molecular weight excluding hydrogens is 923 g/mol. The van der Waals surface area contributed by atoms with Crippen molar-refractivity contribution in [1.82, 2.24) is 35.1 Å². The molecule has 4 aliphatic heterocycles. The van der Waals surface area contributed by atoms with Gasteiger partial charge in [-0.3, -0.25) is 14.8 Å². The fourth-order valence-corrected chi connectivity index (χ4v) is 9.46. The molecule has 0 radical (unpaired) electrons. The lowest BCUT2D eigenvalue weighted by atomic mass is 10.1. The van der Waals surface area contributed by atoms with Crippen LogP contribution in [0.1, 0.15) is 21.7 Å². The molecule has 2 aromatic carbocycles. The lowest BCUT2D eigenvalue weighted by Crippen LogP contribution is -2.49. The zero-order valence-electron chi connectivity index (χ0n) is 39.4. The highest BCUT2D eigenvalue weighted by Gasteiger charge is 2.28. The first kappa shape index (κ1) is 47.3. The van der Waals surface area contributed by atoms with Crippen LogP contribution in [0.4, 0.5) is 63.3 Å². The molecule has 3 N–H and O–H groups in total. The molecule has 0 atom stereocenters. The van der Waals surface area contributed by atoms with Crippen molar-refractivity contribution in [2.75, 3.05) is 135 Å². The van der Waals surface area contributed by atoms with Crippen LogP contribution < -0.4 is 35.6 Å². The quantitative estimate of drug-likeness (QED) is 0.127. The Labute approximate surface area is 406 Å². The minimum Gasteiger partial charge on any atom is -0.438 e. The number of amides is 1. The third-order valence-corrected chi connectivity index (χ3v) is 13.1. The van der Waals surface area contributed by atoms with Gasteiger partial charge in [0.25, 0.3) is 5.91 Å². The molecule has 370 valence electrons. The van der Waals surface area contributed by atoms with E-state index in [2.05, 4.69) is 55.6 Å². The van der Waals surface area contributed by atoms with Crippen LogP contribution in [0.2, 0.25) is 0 Å². The minimum atomic E-state index is -0.702. The second-order valence-electron chi connectivity index (χ2n) is 17.6. The number of hydrogen-bond acceptors (Lipinski definition) is 16. The summed E-state index contributed by atoms with van der Waals surface area (Å²) < 4.78 is 74.5. The molecular formula is C50H53F4N13O4. The molecule has 11 rings (SSSR count). The van der Waals surface area contributed by atoms with Crippen molar-refractivity contribution < 1.29 is 36.2 Å². The second-order valence-corrected chi connectivity index (χ2v) is 17.6. The minimum absolute atomic E-state index is 0.189. The SMILES string of the molecule is Cc1c(N2CCN(C(=O)c3cnco3)CC2)nc2cc(F)cc(F)c2c1Nc1cncc(N2CCOCC2)c1.Cc1c(N2CCNCC2)nc2cc(F)cc(F)c2c1Nc1cncc(N2CCOCC2)c1. The number of morpholine rings is 2. The number of anilines is 8. The van der Waals surface area contributed by atoms with Crippen LogP contribution >= 0.6 is 0 Å². The van der Waals surface area contributed by atoms with Gasteiger partial charge < -0.3 is 54.3 Å². The van der Waals surface area contributed by atoms with Crippen molar-refractivity contribution in [2.45, 2.75) is 13.8 Å². The summed E-state index contributed by atoms with van der Waals surface area (Å²) in [4.78, 5) is 44.8. The van der Waals surface area contributed by atoms with E-state index in [0.29, 0.717) is 86.6 Å². The average molecular weight is 976 g/mol. The third-order valence-electron chi connectivity index (χ3n) is 13.1. The first-order valence-electron chi connectivity index (χ1n) is 23.6. The number of halogens is 4. The van der Waals surface area contributed by atoms with Crippen LogP contribution in [-0.4, -0.2) is 141 Å². The van der Waals surface area contributed by atoms with E-state index in [0.717, 1.165) is 92.9 Å². The third kappa shape index (κ3) is 10.3. The standard InChI is InChI=1S/C27H27F2N7O3.C23H26F2N6O/c1-17-25(32-19-12-20(14-30-13-19)34-6-8-38-9-7-34)24-21(29)10-18(28)11-22(24)33-26(17)35-2-4-36(5-3-35)27(37)23-15-31-16-39-23;1-15-22(28-17-12-18(14-27-13-17)30-6-8-32-9-7-30)21-19(25)10-16(24)11-20(21)29-23(15)31-4-2-26-3-5-31/h10-16H,2-9H2,1H3,(H,32,33);10-14,26H,2-9H2,1H3,(H,28,29). The predicted octanol–water partition coefficient (Wildman–Crippen LogP) is 6.95. The topological polar surface area (TPSA) is 165 Å². The molecule has 17 nitrogen and oxygen atoms in total. The molecule has 4 saturated heterocycles. The van der Waals surface area contributed by atoms with Crippen LogP contribution in [0.3, 0.4) is 0 Å². The van der Waals surface area contributed by atoms with E-state index in [1.165, 1.54) is 24.7 Å². The van der Waals surface area contributed by atoms with Gasteiger partial charge in [0.05, 0.1) is 113 Å². The summed E-state index contributed by atoms with van der Waals surface area (Å²) in [6, 6.07) is 8.25. The van der Waals surface area contributed by atoms with Crippen molar-refractivity contribution in [3.63, 3.8) is 0 Å². The Morgan fingerprint density at radius 3 is 1.51 bits per heavy atom. The first-order valence-corrected chi connectivity index (χ1v) is 23.6. The van der Waals surface area contributed by atoms with Crippen molar-refractivity contribution in [3.8, 4) is 0 Å². The van der Waals surface area contributed by atoms with Crippen LogP contribution in [0.15, 0.2) is 78.2 Å². The van der Waals surface area contributed by atoms with Crippen molar-refractivity contribution in [1.29, 1.82) is 0 Å². The highest BCUT2D eigenvalue weighted by Crippen LogP contribution is 2.39. The lowest BCUT2D eigenvalue weighted by Gasteiger charge is -2.36. The van der Waals surface area contributed by atoms with Gasteiger partial charge in [0.1, 0.15) is 34.9 Å². The summed E-state index contributed by atoms with van der Waals surface area (Å²) in [5, 5.41) is 10.5. The number of benzene rings is 2. The Kier molecular flexibility index (Phi) is 13.9. The van der Waals surface area contributed by atoms with Gasteiger partial charge in [-0.05, 0) is 26.0 Å². The Morgan fingerprint density at radius 1 is 0.563 bits per heavy atom. The summed E-state index contributed by atoms with van der Waals surface area (Å²) in [5.74, 6) is -1.38. The molecule has 0 aliphatic carbocycles. The zero-order chi connectivity index (χ0) is 49.0. The summed E-state index contributed by atoms with van der Waals surface area (Å²) in [5.41, 5.74) is 6.42. The number of nitrogens with zero attached hydrogens (tertiary/aromatic N) is 10. The molecule has 21 heteroatoms. The monoisotopic (exact) mass is 975 g/mol. The fraction of sp³-hybridized carbons (Fsp3) is 0.360. The van der Waals surface area contributed by atoms with E-state index in [9.17, 15) is 18.0 Å². The highest BCUT2D eigenvalue weighted by atomic mass is 19.1. The molecule has 0 bridgehead atoms. The van der Waals surface area contributed by atoms with Gasteiger partial charge in [0.15, 0.2) is 6.39 Å². The number of nitrogens with one attached hydrogen (secondary N) is 3. The maximum Gasteiger partial charge on any atom is 0.291 e. The van der Waals surface area contributed by atoms with E-state index >= 15 is 4.39 Å². The van der Waals surface area contributed by atoms with Crippen molar-refractivity contribution >= 4 is 73.5 Å². The molecule has 1 amide bonds. The van der Waals surface area contributed by atoms with Gasteiger partial charge in [-0.25, -0.2) is 32.5 Å². The predicted molar refractivity (Wildman–Crippen MR) is 264 cm³/mol. The number of aromatic nitrogens is 5. The molecule has 0 unspecified atom stereocenters. The number of carbonyl (C=O) groups excluding carboxylic acids is 1. The Balaban J connectivity index is 0.000000167. The van der Waals surface area contributed by atoms with Crippen molar-refractivity contribution in [2.24, 2.45) is 0 Å². The van der Waals surface area contributed by atoms with E-state index in [1.807, 2.05) is 37.1 Å². The molecule has 0 saturated carbocycles.